The highest BCUT2D eigenvalue weighted by atomic mass is 32.1. The fraction of sp³-hybridized carbons (Fsp3) is 0.360. The summed E-state index contributed by atoms with van der Waals surface area (Å²) in [6.07, 6.45) is 0.197. The van der Waals surface area contributed by atoms with Gasteiger partial charge >= 0.3 is 0 Å². The lowest BCUT2D eigenvalue weighted by Gasteiger charge is -2.34. The highest BCUT2D eigenvalue weighted by molar-refractivity contribution is 7.71. The molecule has 2 amide bonds. The molecule has 1 aliphatic rings. The molecule has 8 nitrogen and oxygen atoms in total. The Bertz CT molecular complexity index is 1340. The van der Waals surface area contributed by atoms with Gasteiger partial charge in [-0.1, -0.05) is 24.3 Å². The molecule has 0 saturated carbocycles. The first-order chi connectivity index (χ1) is 16.3. The molecule has 2 heterocycles. The Morgan fingerprint density at radius 3 is 2.53 bits per heavy atom. The lowest BCUT2D eigenvalue weighted by atomic mass is 10.1. The molecule has 0 radical (unpaired) electrons. The number of hydrogen-bond acceptors (Lipinski definition) is 5. The zero-order chi connectivity index (χ0) is 24.2. The number of carbonyl (C=O) groups excluding carboxylic acids is 2. The van der Waals surface area contributed by atoms with Crippen LogP contribution in [0.5, 0.6) is 0 Å². The topological polar surface area (TPSA) is 90.4 Å². The van der Waals surface area contributed by atoms with E-state index in [1.165, 1.54) is 4.57 Å². The van der Waals surface area contributed by atoms with Crippen molar-refractivity contribution in [3.05, 3.63) is 68.7 Å². The van der Waals surface area contributed by atoms with Crippen molar-refractivity contribution in [2.45, 2.75) is 26.8 Å². The second kappa shape index (κ2) is 10.3. The average molecular weight is 480 g/mol. The normalized spacial score (nSPS) is 14.4. The summed E-state index contributed by atoms with van der Waals surface area (Å²) in [5.41, 5.74) is 3.54. The molecule has 0 bridgehead atoms. The van der Waals surface area contributed by atoms with Crippen molar-refractivity contribution in [3.8, 4) is 0 Å². The number of nitrogens with one attached hydrogen (secondary N) is 2. The van der Waals surface area contributed by atoms with Crippen LogP contribution in [0.3, 0.4) is 0 Å². The zero-order valence-electron chi connectivity index (χ0n) is 19.5. The van der Waals surface area contributed by atoms with E-state index in [0.717, 1.165) is 16.8 Å². The lowest BCUT2D eigenvalue weighted by Crippen LogP contribution is -2.50. The molecule has 2 N–H and O–H groups in total. The molecule has 9 heteroatoms. The van der Waals surface area contributed by atoms with Crippen molar-refractivity contribution >= 4 is 40.6 Å². The van der Waals surface area contributed by atoms with Crippen molar-refractivity contribution in [1.29, 1.82) is 0 Å². The summed E-state index contributed by atoms with van der Waals surface area (Å²) in [4.78, 5) is 44.9. The van der Waals surface area contributed by atoms with Crippen LogP contribution in [0.4, 0.5) is 5.69 Å². The number of carbonyl (C=O) groups is 2. The number of benzene rings is 2. The Labute approximate surface area is 203 Å². The van der Waals surface area contributed by atoms with Crippen molar-refractivity contribution < 1.29 is 9.59 Å². The smallest absolute Gasteiger partial charge is 0.262 e. The van der Waals surface area contributed by atoms with Crippen LogP contribution < -0.4 is 10.9 Å². The molecule has 1 aromatic heterocycles. The van der Waals surface area contributed by atoms with E-state index < -0.39 is 0 Å². The predicted molar refractivity (Wildman–Crippen MR) is 136 cm³/mol. The van der Waals surface area contributed by atoms with E-state index in [4.69, 9.17) is 12.2 Å². The Balaban J connectivity index is 1.28. The minimum absolute atomic E-state index is 0.0195. The van der Waals surface area contributed by atoms with Gasteiger partial charge in [-0.25, -0.2) is 0 Å². The van der Waals surface area contributed by atoms with Crippen molar-refractivity contribution in [2.24, 2.45) is 0 Å². The van der Waals surface area contributed by atoms with Crippen LogP contribution in [-0.4, -0.2) is 63.9 Å². The minimum Gasteiger partial charge on any atom is -0.340 e. The van der Waals surface area contributed by atoms with Crippen molar-refractivity contribution in [3.63, 3.8) is 0 Å². The number of aromatic amines is 1. The van der Waals surface area contributed by atoms with E-state index in [9.17, 15) is 14.4 Å². The van der Waals surface area contributed by atoms with Crippen molar-refractivity contribution in [1.82, 2.24) is 19.4 Å². The van der Waals surface area contributed by atoms with Crippen molar-refractivity contribution in [2.75, 3.05) is 38.0 Å². The monoisotopic (exact) mass is 479 g/mol. The summed E-state index contributed by atoms with van der Waals surface area (Å²) in [6, 6.07) is 13.1. The van der Waals surface area contributed by atoms with Gasteiger partial charge in [-0.2, -0.15) is 0 Å². The molecule has 0 spiro atoms. The van der Waals surface area contributed by atoms with Crippen LogP contribution in [0.2, 0.25) is 0 Å². The van der Waals surface area contributed by atoms with E-state index in [1.807, 2.05) is 49.1 Å². The third-order valence-electron chi connectivity index (χ3n) is 6.41. The number of rotatable bonds is 6. The summed E-state index contributed by atoms with van der Waals surface area (Å²) in [5, 5.41) is 3.54. The Morgan fingerprint density at radius 2 is 1.76 bits per heavy atom. The van der Waals surface area contributed by atoms with Gasteiger partial charge in [0, 0.05) is 44.8 Å². The van der Waals surface area contributed by atoms with E-state index in [0.29, 0.717) is 41.9 Å². The standard InChI is InChI=1S/C25H29N5O3S/c1-17-6-5-9-20(18(17)2)26-22(31)16-28-12-14-29(15-13-28)23(32)10-11-30-24(33)19-7-3-4-8-21(19)27-25(30)34/h3-9H,10-16H2,1-2H3,(H,26,31)(H,27,34). The van der Waals surface area contributed by atoms with Crippen LogP contribution >= 0.6 is 12.2 Å². The number of fused-ring (bicyclic) bond motifs is 1. The number of para-hydroxylation sites is 1. The zero-order valence-corrected chi connectivity index (χ0v) is 20.3. The Hall–Kier alpha value is -3.30. The van der Waals surface area contributed by atoms with Crippen LogP contribution in [0.15, 0.2) is 47.3 Å². The summed E-state index contributed by atoms with van der Waals surface area (Å²) in [7, 11) is 0. The Kier molecular flexibility index (Phi) is 7.23. The molecular formula is C25H29N5O3S. The molecule has 0 atom stereocenters. The van der Waals surface area contributed by atoms with E-state index in [2.05, 4.69) is 10.3 Å². The molecule has 1 saturated heterocycles. The summed E-state index contributed by atoms with van der Waals surface area (Å²) in [5.74, 6) is -0.0765. The van der Waals surface area contributed by atoms with Crippen LogP contribution in [0.1, 0.15) is 17.5 Å². The van der Waals surface area contributed by atoms with Gasteiger partial charge in [0.25, 0.3) is 5.56 Å². The number of anilines is 1. The number of amides is 2. The van der Waals surface area contributed by atoms with E-state index in [1.54, 1.807) is 17.0 Å². The molecule has 3 aromatic rings. The number of piperazine rings is 1. The largest absolute Gasteiger partial charge is 0.340 e. The summed E-state index contributed by atoms with van der Waals surface area (Å²) >= 11 is 5.33. The highest BCUT2D eigenvalue weighted by Crippen LogP contribution is 2.18. The van der Waals surface area contributed by atoms with E-state index >= 15 is 0 Å². The number of aromatic nitrogens is 2. The van der Waals surface area contributed by atoms with Gasteiger partial charge in [-0.15, -0.1) is 0 Å². The Morgan fingerprint density at radius 1 is 1.03 bits per heavy atom. The maximum absolute atomic E-state index is 12.8. The molecule has 1 aliphatic heterocycles. The third kappa shape index (κ3) is 5.26. The molecule has 4 rings (SSSR count). The predicted octanol–water partition coefficient (Wildman–Crippen LogP) is 2.85. The second-order valence-corrected chi connectivity index (χ2v) is 9.02. The minimum atomic E-state index is -0.188. The number of hydrogen-bond donors (Lipinski definition) is 2. The first-order valence-corrected chi connectivity index (χ1v) is 11.8. The number of H-pyrrole nitrogens is 1. The third-order valence-corrected chi connectivity index (χ3v) is 6.73. The highest BCUT2D eigenvalue weighted by Gasteiger charge is 2.22. The number of nitrogens with zero attached hydrogens (tertiary/aromatic N) is 3. The summed E-state index contributed by atoms with van der Waals surface area (Å²) < 4.78 is 1.76. The van der Waals surface area contributed by atoms with Gasteiger partial charge in [0.15, 0.2) is 4.77 Å². The molecule has 34 heavy (non-hydrogen) atoms. The second-order valence-electron chi connectivity index (χ2n) is 8.64. The first kappa shape index (κ1) is 23.8. The lowest BCUT2D eigenvalue weighted by molar-refractivity contribution is -0.133. The first-order valence-electron chi connectivity index (χ1n) is 11.4. The fourth-order valence-electron chi connectivity index (χ4n) is 4.20. The van der Waals surface area contributed by atoms with Gasteiger partial charge in [0.1, 0.15) is 0 Å². The molecule has 1 fully saturated rings. The molecule has 0 aliphatic carbocycles. The molecule has 0 unspecified atom stereocenters. The maximum atomic E-state index is 12.8. The molecular weight excluding hydrogens is 450 g/mol. The molecule has 178 valence electrons. The van der Waals surface area contributed by atoms with Gasteiger partial charge < -0.3 is 15.2 Å². The number of aryl methyl sites for hydroxylation is 1. The van der Waals surface area contributed by atoms with Gasteiger partial charge in [0.05, 0.1) is 17.4 Å². The van der Waals surface area contributed by atoms with Gasteiger partial charge in [0.2, 0.25) is 11.8 Å². The van der Waals surface area contributed by atoms with Crippen LogP contribution in [-0.2, 0) is 16.1 Å². The van der Waals surface area contributed by atoms with Gasteiger partial charge in [-0.3, -0.25) is 23.9 Å². The fourth-order valence-corrected chi connectivity index (χ4v) is 4.49. The van der Waals surface area contributed by atoms with Gasteiger partial charge in [-0.05, 0) is 55.4 Å². The summed E-state index contributed by atoms with van der Waals surface area (Å²) in [6.45, 7) is 6.89. The quantitative estimate of drug-likeness (QED) is 0.531. The van der Waals surface area contributed by atoms with Crippen LogP contribution in [0.25, 0.3) is 10.9 Å². The van der Waals surface area contributed by atoms with Crippen LogP contribution in [0, 0.1) is 18.6 Å². The average Bonchev–Trinajstić information content (AvgIpc) is 2.82. The van der Waals surface area contributed by atoms with E-state index in [-0.39, 0.29) is 36.9 Å². The SMILES string of the molecule is Cc1cccc(NC(=O)CN2CCN(C(=O)CCn3c(=S)[nH]c4ccccc4c3=O)CC2)c1C. The maximum Gasteiger partial charge on any atom is 0.262 e. The molecule has 2 aromatic carbocycles.